The van der Waals surface area contributed by atoms with Gasteiger partial charge >= 0.3 is 0 Å². The normalized spacial score (nSPS) is 16.0. The highest BCUT2D eigenvalue weighted by Crippen LogP contribution is 2.19. The smallest absolute Gasteiger partial charge is 0.271 e. The van der Waals surface area contributed by atoms with Crippen molar-refractivity contribution in [2.45, 2.75) is 19.3 Å². The lowest BCUT2D eigenvalue weighted by Crippen LogP contribution is -2.40. The van der Waals surface area contributed by atoms with Crippen molar-refractivity contribution >= 4 is 5.91 Å². The molecule has 1 saturated heterocycles. The lowest BCUT2D eigenvalue weighted by atomic mass is 9.96. The summed E-state index contributed by atoms with van der Waals surface area (Å²) < 4.78 is 14.6. The van der Waals surface area contributed by atoms with Gasteiger partial charge in [0.2, 0.25) is 0 Å². The first-order chi connectivity index (χ1) is 12.5. The molecule has 1 aromatic heterocycles. The van der Waals surface area contributed by atoms with Crippen LogP contribution >= 0.6 is 0 Å². The lowest BCUT2D eigenvalue weighted by Gasteiger charge is -2.33. The van der Waals surface area contributed by atoms with Crippen LogP contribution in [0, 0.1) is 11.7 Å². The van der Waals surface area contributed by atoms with Gasteiger partial charge in [-0.3, -0.25) is 9.48 Å². The quantitative estimate of drug-likeness (QED) is 0.797. The predicted octanol–water partition coefficient (Wildman–Crippen LogP) is 2.59. The van der Waals surface area contributed by atoms with E-state index in [-0.39, 0.29) is 11.7 Å². The summed E-state index contributed by atoms with van der Waals surface area (Å²) in [6.45, 7) is 3.90. The molecular weight excluding hydrogens is 331 g/mol. The van der Waals surface area contributed by atoms with Gasteiger partial charge in [0.15, 0.2) is 0 Å². The molecule has 1 aliphatic heterocycles. The summed E-state index contributed by atoms with van der Waals surface area (Å²) in [6.07, 6.45) is 4.81. The summed E-state index contributed by atoms with van der Waals surface area (Å²) in [6, 6.07) is 8.53. The maximum atomic E-state index is 13.0. The topological polar surface area (TPSA) is 41.4 Å². The Bertz CT molecular complexity index is 720. The second-order valence-corrected chi connectivity index (χ2v) is 7.19. The Balaban J connectivity index is 1.41. The van der Waals surface area contributed by atoms with Crippen LogP contribution < -0.4 is 0 Å². The lowest BCUT2D eigenvalue weighted by molar-refractivity contribution is 0.0729. The zero-order valence-electron chi connectivity index (χ0n) is 15.6. The number of aryl methyl sites for hydroxylation is 1. The van der Waals surface area contributed by atoms with Gasteiger partial charge in [0.1, 0.15) is 11.5 Å². The molecule has 0 saturated carbocycles. The number of nitrogens with zero attached hydrogens (tertiary/aromatic N) is 4. The third-order valence-corrected chi connectivity index (χ3v) is 5.26. The van der Waals surface area contributed by atoms with Crippen LogP contribution in [-0.4, -0.2) is 58.7 Å². The number of carbonyl (C=O) groups is 1. The molecule has 1 aromatic carbocycles. The number of hydrogen-bond donors (Lipinski definition) is 0. The number of hydrogen-bond acceptors (Lipinski definition) is 3. The van der Waals surface area contributed by atoms with E-state index in [1.54, 1.807) is 24.0 Å². The molecule has 1 aliphatic rings. The van der Waals surface area contributed by atoms with Crippen LogP contribution in [0.5, 0.6) is 0 Å². The van der Waals surface area contributed by atoms with Gasteiger partial charge in [0.25, 0.3) is 5.91 Å². The molecule has 1 amide bonds. The van der Waals surface area contributed by atoms with Crippen LogP contribution in [0.3, 0.4) is 0 Å². The number of amides is 1. The zero-order valence-corrected chi connectivity index (χ0v) is 15.6. The first kappa shape index (κ1) is 18.6. The van der Waals surface area contributed by atoms with Crippen molar-refractivity contribution in [2.75, 3.05) is 33.2 Å². The van der Waals surface area contributed by atoms with Gasteiger partial charge in [0, 0.05) is 33.4 Å². The van der Waals surface area contributed by atoms with Crippen molar-refractivity contribution in [1.29, 1.82) is 0 Å². The molecule has 26 heavy (non-hydrogen) atoms. The minimum Gasteiger partial charge on any atom is -0.340 e. The van der Waals surface area contributed by atoms with Crippen LogP contribution in [0.25, 0.3) is 0 Å². The second-order valence-electron chi connectivity index (χ2n) is 7.19. The van der Waals surface area contributed by atoms with Gasteiger partial charge in [-0.25, -0.2) is 4.39 Å². The molecule has 0 unspecified atom stereocenters. The average Bonchev–Trinajstić information content (AvgIpc) is 3.07. The van der Waals surface area contributed by atoms with Gasteiger partial charge in [-0.15, -0.1) is 0 Å². The maximum absolute atomic E-state index is 13.0. The average molecular weight is 358 g/mol. The zero-order chi connectivity index (χ0) is 18.5. The molecule has 0 spiro atoms. The maximum Gasteiger partial charge on any atom is 0.271 e. The van der Waals surface area contributed by atoms with Crippen LogP contribution in [0.2, 0.25) is 0 Å². The fraction of sp³-hybridized carbons (Fsp3) is 0.500. The Morgan fingerprint density at radius 3 is 2.54 bits per heavy atom. The van der Waals surface area contributed by atoms with Crippen molar-refractivity contribution in [3.05, 3.63) is 53.6 Å². The first-order valence-electron chi connectivity index (χ1n) is 9.23. The molecule has 2 aromatic rings. The second kappa shape index (κ2) is 8.45. The van der Waals surface area contributed by atoms with Crippen LogP contribution in [-0.2, 0) is 13.5 Å². The van der Waals surface area contributed by atoms with E-state index in [9.17, 15) is 9.18 Å². The number of halogens is 1. The number of aromatic nitrogens is 2. The third-order valence-electron chi connectivity index (χ3n) is 5.26. The summed E-state index contributed by atoms with van der Waals surface area (Å²) >= 11 is 0. The standard InChI is InChI=1S/C20H27FN4O/c1-23(20(26)19-7-11-22-24(19)2)15-17-9-13-25(14-10-17)12-8-16-3-5-18(21)6-4-16/h3-7,11,17H,8-10,12-15H2,1-2H3. The van der Waals surface area contributed by atoms with E-state index in [2.05, 4.69) is 10.00 Å². The van der Waals surface area contributed by atoms with E-state index in [4.69, 9.17) is 0 Å². The van der Waals surface area contributed by atoms with Gasteiger partial charge < -0.3 is 9.80 Å². The van der Waals surface area contributed by atoms with Crippen molar-refractivity contribution in [3.8, 4) is 0 Å². The summed E-state index contributed by atoms with van der Waals surface area (Å²) in [4.78, 5) is 16.8. The number of piperidine rings is 1. The summed E-state index contributed by atoms with van der Waals surface area (Å²) in [5.41, 5.74) is 1.80. The summed E-state index contributed by atoms with van der Waals surface area (Å²) in [7, 11) is 3.66. The number of rotatable bonds is 6. The molecule has 1 fully saturated rings. The fourth-order valence-corrected chi connectivity index (χ4v) is 3.58. The van der Waals surface area contributed by atoms with Crippen molar-refractivity contribution < 1.29 is 9.18 Å². The molecule has 0 atom stereocenters. The number of benzene rings is 1. The molecule has 5 nitrogen and oxygen atoms in total. The molecule has 140 valence electrons. The van der Waals surface area contributed by atoms with E-state index in [1.165, 1.54) is 17.7 Å². The van der Waals surface area contributed by atoms with Crippen LogP contribution in [0.15, 0.2) is 36.5 Å². The number of likely N-dealkylation sites (tertiary alicyclic amines) is 1. The minimum absolute atomic E-state index is 0.0312. The van der Waals surface area contributed by atoms with Crippen molar-refractivity contribution in [2.24, 2.45) is 13.0 Å². The van der Waals surface area contributed by atoms with Gasteiger partial charge in [-0.1, -0.05) is 12.1 Å². The SMILES string of the molecule is CN(CC1CCN(CCc2ccc(F)cc2)CC1)C(=O)c1ccnn1C. The highest BCUT2D eigenvalue weighted by Gasteiger charge is 2.23. The van der Waals surface area contributed by atoms with E-state index in [0.29, 0.717) is 11.6 Å². The molecular formula is C20H27FN4O. The van der Waals surface area contributed by atoms with E-state index in [1.807, 2.05) is 24.1 Å². The summed E-state index contributed by atoms with van der Waals surface area (Å²) in [5.74, 6) is 0.391. The van der Waals surface area contributed by atoms with Crippen molar-refractivity contribution in [1.82, 2.24) is 19.6 Å². The highest BCUT2D eigenvalue weighted by atomic mass is 19.1. The van der Waals surface area contributed by atoms with Gasteiger partial charge in [0.05, 0.1) is 0 Å². The predicted molar refractivity (Wildman–Crippen MR) is 99.4 cm³/mol. The summed E-state index contributed by atoms with van der Waals surface area (Å²) in [5, 5.41) is 4.07. The monoisotopic (exact) mass is 358 g/mol. The Labute approximate surface area is 154 Å². The van der Waals surface area contributed by atoms with Crippen molar-refractivity contribution in [3.63, 3.8) is 0 Å². The third kappa shape index (κ3) is 4.69. The Morgan fingerprint density at radius 1 is 1.23 bits per heavy atom. The Morgan fingerprint density at radius 2 is 1.92 bits per heavy atom. The molecule has 0 aliphatic carbocycles. The highest BCUT2D eigenvalue weighted by molar-refractivity contribution is 5.92. The molecule has 0 N–H and O–H groups in total. The fourth-order valence-electron chi connectivity index (χ4n) is 3.58. The molecule has 0 bridgehead atoms. The van der Waals surface area contributed by atoms with Crippen LogP contribution in [0.4, 0.5) is 4.39 Å². The van der Waals surface area contributed by atoms with Gasteiger partial charge in [-0.2, -0.15) is 5.10 Å². The van der Waals surface area contributed by atoms with E-state index in [0.717, 1.165) is 45.4 Å². The Kier molecular flexibility index (Phi) is 6.04. The first-order valence-corrected chi connectivity index (χ1v) is 9.23. The van der Waals surface area contributed by atoms with E-state index >= 15 is 0 Å². The molecule has 3 rings (SSSR count). The molecule has 0 radical (unpaired) electrons. The Hall–Kier alpha value is -2.21. The molecule has 2 heterocycles. The largest absolute Gasteiger partial charge is 0.340 e. The molecule has 6 heteroatoms. The number of carbonyl (C=O) groups excluding carboxylic acids is 1. The van der Waals surface area contributed by atoms with E-state index < -0.39 is 0 Å². The minimum atomic E-state index is -0.181. The van der Waals surface area contributed by atoms with Crippen LogP contribution in [0.1, 0.15) is 28.9 Å². The van der Waals surface area contributed by atoms with Gasteiger partial charge in [-0.05, 0) is 62.0 Å².